The van der Waals surface area contributed by atoms with Crippen LogP contribution in [0.25, 0.3) is 0 Å². The lowest BCUT2D eigenvalue weighted by atomic mass is 10.2. The normalized spacial score (nSPS) is 10.2. The topological polar surface area (TPSA) is 63.2 Å². The lowest BCUT2D eigenvalue weighted by molar-refractivity contribution is 0.251. The number of amides is 2. The second-order valence-electron chi connectivity index (χ2n) is 5.97. The minimum atomic E-state index is -0.229. The molecule has 0 bridgehead atoms. The van der Waals surface area contributed by atoms with Crippen molar-refractivity contribution in [2.24, 2.45) is 0 Å². The highest BCUT2D eigenvalue weighted by Crippen LogP contribution is 2.14. The van der Waals surface area contributed by atoms with Crippen LogP contribution in [0.4, 0.5) is 10.5 Å². The highest BCUT2D eigenvalue weighted by Gasteiger charge is 2.02. The summed E-state index contributed by atoms with van der Waals surface area (Å²) in [6.45, 7) is 2.91. The molecule has 0 spiro atoms. The zero-order chi connectivity index (χ0) is 18.2. The lowest BCUT2D eigenvalue weighted by Gasteiger charge is -2.09. The number of urea groups is 1. The molecule has 0 saturated heterocycles. The molecule has 3 rings (SSSR count). The first kappa shape index (κ1) is 17.5. The van der Waals surface area contributed by atoms with Gasteiger partial charge in [0.2, 0.25) is 0 Å². The Morgan fingerprint density at radius 1 is 1.04 bits per heavy atom. The molecular formula is C21H21N3O2. The Morgan fingerprint density at radius 2 is 1.88 bits per heavy atom. The van der Waals surface area contributed by atoms with Crippen molar-refractivity contribution in [2.75, 3.05) is 5.32 Å². The molecular weight excluding hydrogens is 326 g/mol. The van der Waals surface area contributed by atoms with Crippen LogP contribution in [0.15, 0.2) is 73.1 Å². The molecule has 2 amide bonds. The van der Waals surface area contributed by atoms with Crippen LogP contribution in [0.5, 0.6) is 5.75 Å². The van der Waals surface area contributed by atoms with E-state index >= 15 is 0 Å². The van der Waals surface area contributed by atoms with Crippen LogP contribution in [-0.2, 0) is 13.2 Å². The van der Waals surface area contributed by atoms with Gasteiger partial charge < -0.3 is 15.4 Å². The maximum Gasteiger partial charge on any atom is 0.319 e. The van der Waals surface area contributed by atoms with Crippen molar-refractivity contribution in [3.8, 4) is 5.75 Å². The van der Waals surface area contributed by atoms with Crippen molar-refractivity contribution in [3.63, 3.8) is 0 Å². The third-order valence-corrected chi connectivity index (χ3v) is 3.78. The Labute approximate surface area is 153 Å². The van der Waals surface area contributed by atoms with E-state index < -0.39 is 0 Å². The van der Waals surface area contributed by atoms with E-state index in [4.69, 9.17) is 4.74 Å². The first-order valence-corrected chi connectivity index (χ1v) is 8.41. The maximum atomic E-state index is 12.0. The van der Waals surface area contributed by atoms with Gasteiger partial charge >= 0.3 is 6.03 Å². The standard InChI is InChI=1S/C21H21N3O2/c1-16-4-2-6-19(12-16)24-21(25)23-14-17-7-9-20(10-8-17)26-15-18-5-3-11-22-13-18/h2-13H,14-15H2,1H3,(H2,23,24,25). The van der Waals surface area contributed by atoms with Crippen LogP contribution >= 0.6 is 0 Å². The average molecular weight is 347 g/mol. The number of anilines is 1. The van der Waals surface area contributed by atoms with Crippen molar-refractivity contribution in [3.05, 3.63) is 89.7 Å². The number of carbonyl (C=O) groups excluding carboxylic acids is 1. The van der Waals surface area contributed by atoms with E-state index in [1.165, 1.54) is 0 Å². The predicted octanol–water partition coefficient (Wildman–Crippen LogP) is 4.29. The summed E-state index contributed by atoms with van der Waals surface area (Å²) in [5.74, 6) is 0.779. The molecule has 0 atom stereocenters. The fourth-order valence-electron chi connectivity index (χ4n) is 2.43. The molecule has 3 aromatic rings. The summed E-state index contributed by atoms with van der Waals surface area (Å²) in [5, 5.41) is 5.67. The van der Waals surface area contributed by atoms with Crippen molar-refractivity contribution in [2.45, 2.75) is 20.1 Å². The van der Waals surface area contributed by atoms with E-state index in [1.54, 1.807) is 12.4 Å². The van der Waals surface area contributed by atoms with Gasteiger partial charge in [-0.1, -0.05) is 30.3 Å². The molecule has 132 valence electrons. The number of ether oxygens (including phenoxy) is 1. The zero-order valence-corrected chi connectivity index (χ0v) is 14.6. The Balaban J connectivity index is 1.46. The van der Waals surface area contributed by atoms with Gasteiger partial charge in [-0.15, -0.1) is 0 Å². The number of nitrogens with one attached hydrogen (secondary N) is 2. The van der Waals surface area contributed by atoms with E-state index in [0.29, 0.717) is 13.2 Å². The minimum Gasteiger partial charge on any atom is -0.489 e. The fourth-order valence-corrected chi connectivity index (χ4v) is 2.43. The lowest BCUT2D eigenvalue weighted by Crippen LogP contribution is -2.28. The third kappa shape index (κ3) is 5.34. The van der Waals surface area contributed by atoms with Gasteiger partial charge in [-0.2, -0.15) is 0 Å². The Morgan fingerprint density at radius 3 is 2.62 bits per heavy atom. The second kappa shape index (κ2) is 8.67. The number of pyridine rings is 1. The number of rotatable bonds is 6. The molecule has 0 unspecified atom stereocenters. The average Bonchev–Trinajstić information content (AvgIpc) is 2.66. The number of hydrogen-bond donors (Lipinski definition) is 2. The van der Waals surface area contributed by atoms with Gasteiger partial charge in [0.15, 0.2) is 0 Å². The molecule has 2 N–H and O–H groups in total. The van der Waals surface area contributed by atoms with Gasteiger partial charge in [0, 0.05) is 30.2 Å². The summed E-state index contributed by atoms with van der Waals surface area (Å²) < 4.78 is 5.72. The number of nitrogens with zero attached hydrogens (tertiary/aromatic N) is 1. The van der Waals surface area contributed by atoms with Crippen molar-refractivity contribution in [1.29, 1.82) is 0 Å². The molecule has 0 fully saturated rings. The van der Waals surface area contributed by atoms with Crippen LogP contribution in [0, 0.1) is 6.92 Å². The zero-order valence-electron chi connectivity index (χ0n) is 14.6. The van der Waals surface area contributed by atoms with Crippen LogP contribution in [-0.4, -0.2) is 11.0 Å². The first-order valence-electron chi connectivity index (χ1n) is 8.41. The van der Waals surface area contributed by atoms with Crippen LogP contribution in [0.2, 0.25) is 0 Å². The van der Waals surface area contributed by atoms with Gasteiger partial charge in [-0.25, -0.2) is 4.79 Å². The van der Waals surface area contributed by atoms with E-state index in [1.807, 2.05) is 67.6 Å². The van der Waals surface area contributed by atoms with Gasteiger partial charge in [-0.3, -0.25) is 4.98 Å². The van der Waals surface area contributed by atoms with Crippen LogP contribution in [0.3, 0.4) is 0 Å². The van der Waals surface area contributed by atoms with Gasteiger partial charge in [-0.05, 0) is 48.4 Å². The monoisotopic (exact) mass is 347 g/mol. The highest BCUT2D eigenvalue weighted by atomic mass is 16.5. The number of carbonyl (C=O) groups is 1. The quantitative estimate of drug-likeness (QED) is 0.699. The minimum absolute atomic E-state index is 0.229. The maximum absolute atomic E-state index is 12.0. The summed E-state index contributed by atoms with van der Waals surface area (Å²) >= 11 is 0. The molecule has 5 heteroatoms. The number of aryl methyl sites for hydroxylation is 1. The molecule has 0 radical (unpaired) electrons. The molecule has 0 saturated carbocycles. The van der Waals surface area contributed by atoms with E-state index in [9.17, 15) is 4.79 Å². The van der Waals surface area contributed by atoms with Crippen molar-refractivity contribution in [1.82, 2.24) is 10.3 Å². The molecule has 5 nitrogen and oxygen atoms in total. The van der Waals surface area contributed by atoms with Crippen molar-refractivity contribution >= 4 is 11.7 Å². The van der Waals surface area contributed by atoms with Gasteiger partial charge in [0.25, 0.3) is 0 Å². The largest absolute Gasteiger partial charge is 0.489 e. The number of hydrogen-bond acceptors (Lipinski definition) is 3. The first-order chi connectivity index (χ1) is 12.7. The summed E-state index contributed by atoms with van der Waals surface area (Å²) in [7, 11) is 0. The molecule has 1 aromatic heterocycles. The predicted molar refractivity (Wildman–Crippen MR) is 102 cm³/mol. The summed E-state index contributed by atoms with van der Waals surface area (Å²) in [4.78, 5) is 16.0. The Kier molecular flexibility index (Phi) is 5.83. The summed E-state index contributed by atoms with van der Waals surface area (Å²) in [5.41, 5.74) is 3.90. The smallest absolute Gasteiger partial charge is 0.319 e. The van der Waals surface area contributed by atoms with E-state index in [0.717, 1.165) is 28.1 Å². The SMILES string of the molecule is Cc1cccc(NC(=O)NCc2ccc(OCc3cccnc3)cc2)c1. The molecule has 0 aliphatic carbocycles. The second-order valence-corrected chi connectivity index (χ2v) is 5.97. The third-order valence-electron chi connectivity index (χ3n) is 3.78. The van der Waals surface area contributed by atoms with Crippen LogP contribution < -0.4 is 15.4 Å². The molecule has 1 heterocycles. The fraction of sp³-hybridized carbons (Fsp3) is 0.143. The number of aromatic nitrogens is 1. The van der Waals surface area contributed by atoms with Gasteiger partial charge in [0.05, 0.1) is 0 Å². The molecule has 0 aliphatic heterocycles. The summed E-state index contributed by atoms with van der Waals surface area (Å²) in [6.07, 6.45) is 3.52. The Bertz CT molecular complexity index is 849. The van der Waals surface area contributed by atoms with Gasteiger partial charge in [0.1, 0.15) is 12.4 Å². The highest BCUT2D eigenvalue weighted by molar-refractivity contribution is 5.89. The number of benzene rings is 2. The van der Waals surface area contributed by atoms with E-state index in [2.05, 4.69) is 15.6 Å². The van der Waals surface area contributed by atoms with Crippen LogP contribution in [0.1, 0.15) is 16.7 Å². The Hall–Kier alpha value is -3.34. The van der Waals surface area contributed by atoms with Crippen molar-refractivity contribution < 1.29 is 9.53 Å². The summed E-state index contributed by atoms with van der Waals surface area (Å²) in [6, 6.07) is 19.0. The van der Waals surface area contributed by atoms with E-state index in [-0.39, 0.29) is 6.03 Å². The molecule has 26 heavy (non-hydrogen) atoms. The molecule has 2 aromatic carbocycles. The molecule has 0 aliphatic rings.